The summed E-state index contributed by atoms with van der Waals surface area (Å²) in [5.74, 6) is 0.890. The van der Waals surface area contributed by atoms with Crippen LogP contribution in [-0.4, -0.2) is 33.6 Å². The van der Waals surface area contributed by atoms with Crippen molar-refractivity contribution in [1.82, 2.24) is 15.1 Å². The molecule has 7 heteroatoms. The number of benzene rings is 1. The summed E-state index contributed by atoms with van der Waals surface area (Å²) >= 11 is 5.86. The number of halogens is 1. The van der Waals surface area contributed by atoms with Gasteiger partial charge in [-0.2, -0.15) is 5.26 Å². The van der Waals surface area contributed by atoms with Gasteiger partial charge in [-0.3, -0.25) is 4.79 Å². The largest absolute Gasteiger partial charge is 0.421 e. The molecule has 2 aromatic rings. The SMILES string of the molecule is N#CCCN(C(=O)CCc1nnc(-c2ccc(Cl)cc2)o1)C1CC1. The topological polar surface area (TPSA) is 83.0 Å². The first-order valence-electron chi connectivity index (χ1n) is 7.92. The Kier molecular flexibility index (Phi) is 5.11. The molecule has 124 valence electrons. The number of amides is 1. The second-order valence-electron chi connectivity index (χ2n) is 5.73. The first-order valence-corrected chi connectivity index (χ1v) is 8.30. The Morgan fingerprint density at radius 3 is 2.75 bits per heavy atom. The van der Waals surface area contributed by atoms with Gasteiger partial charge in [-0.15, -0.1) is 10.2 Å². The molecule has 0 saturated heterocycles. The average Bonchev–Trinajstić information content (AvgIpc) is 3.31. The number of aromatic nitrogens is 2. The van der Waals surface area contributed by atoms with Gasteiger partial charge in [0.15, 0.2) is 0 Å². The zero-order valence-electron chi connectivity index (χ0n) is 13.1. The van der Waals surface area contributed by atoms with Gasteiger partial charge in [-0.25, -0.2) is 0 Å². The third-order valence-electron chi connectivity index (χ3n) is 3.88. The number of hydrogen-bond donors (Lipinski definition) is 0. The van der Waals surface area contributed by atoms with Gasteiger partial charge in [0.05, 0.1) is 12.5 Å². The van der Waals surface area contributed by atoms with Gasteiger partial charge in [-0.05, 0) is 37.1 Å². The van der Waals surface area contributed by atoms with E-state index >= 15 is 0 Å². The lowest BCUT2D eigenvalue weighted by Gasteiger charge is -2.20. The highest BCUT2D eigenvalue weighted by Gasteiger charge is 2.31. The van der Waals surface area contributed by atoms with Gasteiger partial charge in [-0.1, -0.05) is 11.6 Å². The van der Waals surface area contributed by atoms with Crippen LogP contribution in [0.25, 0.3) is 11.5 Å². The van der Waals surface area contributed by atoms with E-state index in [2.05, 4.69) is 16.3 Å². The van der Waals surface area contributed by atoms with Gasteiger partial charge in [0, 0.05) is 36.0 Å². The molecule has 1 heterocycles. The summed E-state index contributed by atoms with van der Waals surface area (Å²) in [6.45, 7) is 0.500. The van der Waals surface area contributed by atoms with Crippen molar-refractivity contribution in [1.29, 1.82) is 5.26 Å². The van der Waals surface area contributed by atoms with Crippen LogP contribution in [-0.2, 0) is 11.2 Å². The molecule has 6 nitrogen and oxygen atoms in total. The van der Waals surface area contributed by atoms with Crippen molar-refractivity contribution in [3.05, 3.63) is 35.2 Å². The summed E-state index contributed by atoms with van der Waals surface area (Å²) < 4.78 is 5.61. The van der Waals surface area contributed by atoms with Crippen LogP contribution < -0.4 is 0 Å². The highest BCUT2D eigenvalue weighted by atomic mass is 35.5. The normalized spacial score (nSPS) is 13.5. The molecule has 0 aliphatic heterocycles. The summed E-state index contributed by atoms with van der Waals surface area (Å²) in [5.41, 5.74) is 0.790. The number of carbonyl (C=O) groups is 1. The van der Waals surface area contributed by atoms with Gasteiger partial charge in [0.1, 0.15) is 0 Å². The van der Waals surface area contributed by atoms with Crippen LogP contribution in [0.4, 0.5) is 0 Å². The minimum atomic E-state index is 0.0407. The first kappa shape index (κ1) is 16.5. The van der Waals surface area contributed by atoms with E-state index in [0.717, 1.165) is 18.4 Å². The minimum absolute atomic E-state index is 0.0407. The van der Waals surface area contributed by atoms with Gasteiger partial charge in [0.2, 0.25) is 17.7 Å². The molecule has 0 atom stereocenters. The standard InChI is InChI=1S/C17H17ClN4O2/c18-13-4-2-12(3-5-13)17-21-20-15(24-17)8-9-16(23)22(11-1-10-19)14-6-7-14/h2-5,14H,1,6-9,11H2. The van der Waals surface area contributed by atoms with Crippen LogP contribution in [0.2, 0.25) is 5.02 Å². The summed E-state index contributed by atoms with van der Waals surface area (Å²) in [4.78, 5) is 14.1. The maximum Gasteiger partial charge on any atom is 0.247 e. The highest BCUT2D eigenvalue weighted by molar-refractivity contribution is 6.30. The molecule has 1 aromatic carbocycles. The molecule has 24 heavy (non-hydrogen) atoms. The maximum absolute atomic E-state index is 12.3. The molecular formula is C17H17ClN4O2. The molecule has 1 aliphatic carbocycles. The number of nitriles is 1. The molecule has 3 rings (SSSR count). The quantitative estimate of drug-likeness (QED) is 0.770. The molecule has 0 spiro atoms. The van der Waals surface area contributed by atoms with Crippen LogP contribution in [0.15, 0.2) is 28.7 Å². The fourth-order valence-corrected chi connectivity index (χ4v) is 2.61. The predicted octanol–water partition coefficient (Wildman–Crippen LogP) is 3.23. The second kappa shape index (κ2) is 7.45. The van der Waals surface area contributed by atoms with E-state index in [1.165, 1.54) is 0 Å². The van der Waals surface area contributed by atoms with Crippen molar-refractivity contribution >= 4 is 17.5 Å². The second-order valence-corrected chi connectivity index (χ2v) is 6.17. The van der Waals surface area contributed by atoms with E-state index in [9.17, 15) is 4.79 Å². The Morgan fingerprint density at radius 2 is 2.08 bits per heavy atom. The summed E-state index contributed by atoms with van der Waals surface area (Å²) in [5, 5.41) is 17.4. The Labute approximate surface area is 145 Å². The minimum Gasteiger partial charge on any atom is -0.421 e. The first-order chi connectivity index (χ1) is 11.7. The van der Waals surface area contributed by atoms with Crippen LogP contribution in [0, 0.1) is 11.3 Å². The lowest BCUT2D eigenvalue weighted by atomic mass is 10.2. The molecule has 0 radical (unpaired) electrons. The zero-order valence-corrected chi connectivity index (χ0v) is 13.9. The van der Waals surface area contributed by atoms with Crippen LogP contribution in [0.3, 0.4) is 0 Å². The molecule has 1 saturated carbocycles. The summed E-state index contributed by atoms with van der Waals surface area (Å²) in [7, 11) is 0. The Hall–Kier alpha value is -2.39. The summed E-state index contributed by atoms with van der Waals surface area (Å²) in [6, 6.07) is 9.52. The maximum atomic E-state index is 12.3. The van der Waals surface area contributed by atoms with E-state index in [1.54, 1.807) is 17.0 Å². The monoisotopic (exact) mass is 344 g/mol. The van der Waals surface area contributed by atoms with Crippen molar-refractivity contribution in [3.8, 4) is 17.5 Å². The Morgan fingerprint density at radius 1 is 1.33 bits per heavy atom. The number of hydrogen-bond acceptors (Lipinski definition) is 5. The van der Waals surface area contributed by atoms with Gasteiger partial charge >= 0.3 is 0 Å². The molecule has 0 bridgehead atoms. The van der Waals surface area contributed by atoms with Crippen molar-refractivity contribution in [2.45, 2.75) is 38.1 Å². The number of nitrogens with zero attached hydrogens (tertiary/aromatic N) is 4. The van der Waals surface area contributed by atoms with Crippen molar-refractivity contribution < 1.29 is 9.21 Å². The van der Waals surface area contributed by atoms with Gasteiger partial charge in [0.25, 0.3) is 0 Å². The Bertz CT molecular complexity index is 747. The van der Waals surface area contributed by atoms with E-state index in [-0.39, 0.29) is 5.91 Å². The Balaban J connectivity index is 1.57. The molecular weight excluding hydrogens is 328 g/mol. The third kappa shape index (κ3) is 4.12. The van der Waals surface area contributed by atoms with Crippen LogP contribution in [0.1, 0.15) is 31.6 Å². The molecule has 1 amide bonds. The van der Waals surface area contributed by atoms with Crippen LogP contribution in [0.5, 0.6) is 0 Å². The lowest BCUT2D eigenvalue weighted by Crippen LogP contribution is -2.34. The number of aryl methyl sites for hydroxylation is 1. The fraction of sp³-hybridized carbons (Fsp3) is 0.412. The third-order valence-corrected chi connectivity index (χ3v) is 4.14. The molecule has 1 fully saturated rings. The molecule has 1 aromatic heterocycles. The summed E-state index contributed by atoms with van der Waals surface area (Å²) in [6.07, 6.45) is 3.12. The van der Waals surface area contributed by atoms with Crippen molar-refractivity contribution in [2.24, 2.45) is 0 Å². The van der Waals surface area contributed by atoms with Crippen molar-refractivity contribution in [2.75, 3.05) is 6.54 Å². The molecule has 0 N–H and O–H groups in total. The van der Waals surface area contributed by atoms with Crippen LogP contribution >= 0.6 is 11.6 Å². The fourth-order valence-electron chi connectivity index (χ4n) is 2.49. The van der Waals surface area contributed by atoms with Crippen molar-refractivity contribution in [3.63, 3.8) is 0 Å². The lowest BCUT2D eigenvalue weighted by molar-refractivity contribution is -0.131. The number of rotatable bonds is 7. The van der Waals surface area contributed by atoms with E-state index in [4.69, 9.17) is 21.3 Å². The van der Waals surface area contributed by atoms with E-state index in [0.29, 0.717) is 48.7 Å². The smallest absolute Gasteiger partial charge is 0.247 e. The van der Waals surface area contributed by atoms with E-state index < -0.39 is 0 Å². The van der Waals surface area contributed by atoms with E-state index in [1.807, 2.05) is 12.1 Å². The van der Waals surface area contributed by atoms with Gasteiger partial charge < -0.3 is 9.32 Å². The molecule has 1 aliphatic rings. The average molecular weight is 345 g/mol. The predicted molar refractivity (Wildman–Crippen MR) is 88.0 cm³/mol. The zero-order chi connectivity index (χ0) is 16.9. The highest BCUT2D eigenvalue weighted by Crippen LogP contribution is 2.28. The number of carbonyl (C=O) groups excluding carboxylic acids is 1. The molecule has 0 unspecified atom stereocenters.